The van der Waals surface area contributed by atoms with Crippen molar-refractivity contribution in [2.75, 3.05) is 0 Å². The van der Waals surface area contributed by atoms with Gasteiger partial charge in [-0.1, -0.05) is 109 Å². The minimum absolute atomic E-state index is 1.14. The van der Waals surface area contributed by atoms with E-state index in [9.17, 15) is 0 Å². The summed E-state index contributed by atoms with van der Waals surface area (Å²) < 4.78 is 0. The predicted octanol–water partition coefficient (Wildman–Crippen LogP) is 15.2. The molecule has 0 saturated heterocycles. The zero-order valence-corrected chi connectivity index (χ0v) is 31.2. The molecule has 2 heterocycles. The summed E-state index contributed by atoms with van der Waals surface area (Å²) in [4.78, 5) is 9.03. The van der Waals surface area contributed by atoms with Crippen molar-refractivity contribution in [3.63, 3.8) is 0 Å². The highest BCUT2D eigenvalue weighted by molar-refractivity contribution is 6.30. The second-order valence-electron chi connectivity index (χ2n) is 16.1. The Morgan fingerprint density at radius 2 is 0.759 bits per heavy atom. The molecule has 2 aliphatic rings. The van der Waals surface area contributed by atoms with E-state index in [1.54, 1.807) is 0 Å². The van der Waals surface area contributed by atoms with E-state index in [2.05, 4.69) is 168 Å². The van der Waals surface area contributed by atoms with Crippen LogP contribution in [0.5, 0.6) is 0 Å². The summed E-state index contributed by atoms with van der Waals surface area (Å²) in [6.45, 7) is 0. The van der Waals surface area contributed by atoms with Crippen LogP contribution in [-0.2, 0) is 0 Å². The van der Waals surface area contributed by atoms with Crippen molar-refractivity contribution in [3.8, 4) is 66.8 Å². The van der Waals surface area contributed by atoms with Crippen molar-refractivity contribution >= 4 is 75.4 Å². The average Bonchev–Trinajstić information content (AvgIpc) is 3.78. The summed E-state index contributed by atoms with van der Waals surface area (Å²) >= 11 is 0. The quantitative estimate of drug-likeness (QED) is 0.166. The lowest BCUT2D eigenvalue weighted by Gasteiger charge is -2.19. The largest absolute Gasteiger partial charge is 0.264 e. The molecule has 0 spiro atoms. The molecular weight excluding hydrogens is 701 g/mol. The van der Waals surface area contributed by atoms with Crippen LogP contribution >= 0.6 is 0 Å². The van der Waals surface area contributed by atoms with Gasteiger partial charge in [-0.15, -0.1) is 0 Å². The Morgan fingerprint density at radius 3 is 1.45 bits per heavy atom. The number of aromatic nitrogens is 2. The molecule has 58 heavy (non-hydrogen) atoms. The van der Waals surface area contributed by atoms with Crippen LogP contribution in [-0.4, -0.2) is 9.97 Å². The number of nitrogens with zero attached hydrogens (tertiary/aromatic N) is 2. The van der Waals surface area contributed by atoms with Crippen LogP contribution in [0, 0.1) is 0 Å². The number of rotatable bonds is 2. The maximum Gasteiger partial charge on any atom is 0.0346 e. The van der Waals surface area contributed by atoms with Crippen LogP contribution in [0.15, 0.2) is 183 Å². The van der Waals surface area contributed by atoms with Crippen molar-refractivity contribution in [1.82, 2.24) is 9.97 Å². The molecule has 2 heteroatoms. The van der Waals surface area contributed by atoms with Crippen LogP contribution in [0.25, 0.3) is 142 Å². The van der Waals surface area contributed by atoms with Crippen LogP contribution in [0.4, 0.5) is 0 Å². The highest BCUT2D eigenvalue weighted by atomic mass is 14.6. The number of hydrogen-bond donors (Lipinski definition) is 0. The Labute approximate surface area is 333 Å². The smallest absolute Gasteiger partial charge is 0.0346 e. The summed E-state index contributed by atoms with van der Waals surface area (Å²) in [7, 11) is 0. The van der Waals surface area contributed by atoms with E-state index in [0.717, 1.165) is 10.8 Å². The van der Waals surface area contributed by atoms with Gasteiger partial charge in [0.25, 0.3) is 0 Å². The monoisotopic (exact) mass is 730 g/mol. The second-order valence-corrected chi connectivity index (χ2v) is 16.1. The van der Waals surface area contributed by atoms with Crippen LogP contribution in [0.3, 0.4) is 0 Å². The van der Waals surface area contributed by atoms with Crippen molar-refractivity contribution in [2.24, 2.45) is 0 Å². The van der Waals surface area contributed by atoms with Gasteiger partial charge >= 0.3 is 0 Å². The lowest BCUT2D eigenvalue weighted by Crippen LogP contribution is -1.92. The lowest BCUT2D eigenvalue weighted by molar-refractivity contribution is 1.36. The molecule has 264 valence electrons. The Balaban J connectivity index is 1.16. The number of fused-ring (bicyclic) bond motifs is 13. The summed E-state index contributed by atoms with van der Waals surface area (Å²) in [6.07, 6.45) is 7.73. The minimum atomic E-state index is 1.14. The van der Waals surface area contributed by atoms with Gasteiger partial charge in [0.2, 0.25) is 0 Å². The molecule has 2 nitrogen and oxygen atoms in total. The van der Waals surface area contributed by atoms with Gasteiger partial charge in [0, 0.05) is 35.6 Å². The van der Waals surface area contributed by atoms with Gasteiger partial charge in [0.1, 0.15) is 0 Å². The molecule has 12 aromatic rings. The lowest BCUT2D eigenvalue weighted by atomic mass is 9.84. The number of hydrogen-bond acceptors (Lipinski definition) is 2. The molecule has 0 atom stereocenters. The van der Waals surface area contributed by atoms with E-state index in [1.807, 2.05) is 24.8 Å². The third-order valence-electron chi connectivity index (χ3n) is 13.2. The number of benzene rings is 10. The molecule has 14 rings (SSSR count). The third kappa shape index (κ3) is 3.96. The van der Waals surface area contributed by atoms with Gasteiger partial charge in [-0.2, -0.15) is 0 Å². The van der Waals surface area contributed by atoms with E-state index in [0.29, 0.717) is 0 Å². The maximum atomic E-state index is 4.52. The molecule has 2 aromatic heterocycles. The standard InChI is InChI=1S/C56H30N2/c1-5-33-6-2-10-41-49-27-51-45(35-15-13-31-19-21-57-29-37(31)23-35)25-46-39(47(51)26-48(49)40(9-1)53(33)41)17-18-43-50(46)28-52-42-11-3-7-34-8-4-12-44(54(34)42)56(52)55(43)36-16-14-32-20-22-58-30-38(32)24-36/h1-30H. The molecule has 0 unspecified atom stereocenters. The fourth-order valence-corrected chi connectivity index (χ4v) is 10.7. The molecule has 0 saturated carbocycles. The maximum absolute atomic E-state index is 4.52. The van der Waals surface area contributed by atoms with E-state index in [-0.39, 0.29) is 0 Å². The molecule has 0 amide bonds. The zero-order valence-electron chi connectivity index (χ0n) is 31.2. The van der Waals surface area contributed by atoms with E-state index in [4.69, 9.17) is 0 Å². The molecule has 10 aromatic carbocycles. The predicted molar refractivity (Wildman–Crippen MR) is 244 cm³/mol. The van der Waals surface area contributed by atoms with Gasteiger partial charge in [0.15, 0.2) is 0 Å². The van der Waals surface area contributed by atoms with Crippen molar-refractivity contribution < 1.29 is 0 Å². The second kappa shape index (κ2) is 11.0. The van der Waals surface area contributed by atoms with E-state index in [1.165, 1.54) is 131 Å². The normalized spacial score (nSPS) is 12.5. The highest BCUT2D eigenvalue weighted by Gasteiger charge is 2.28. The fraction of sp³-hybridized carbons (Fsp3) is 0. The van der Waals surface area contributed by atoms with Gasteiger partial charge < -0.3 is 0 Å². The Bertz CT molecular complexity index is 3840. The Morgan fingerprint density at radius 1 is 0.259 bits per heavy atom. The van der Waals surface area contributed by atoms with Gasteiger partial charge in [0.05, 0.1) is 0 Å². The molecule has 0 bridgehead atoms. The molecule has 0 radical (unpaired) electrons. The number of pyridine rings is 2. The first kappa shape index (κ1) is 30.5. The summed E-state index contributed by atoms with van der Waals surface area (Å²) in [5, 5.41) is 17.5. The average molecular weight is 731 g/mol. The van der Waals surface area contributed by atoms with Crippen molar-refractivity contribution in [1.29, 1.82) is 0 Å². The van der Waals surface area contributed by atoms with E-state index < -0.39 is 0 Å². The zero-order chi connectivity index (χ0) is 37.6. The van der Waals surface area contributed by atoms with Crippen LogP contribution in [0.2, 0.25) is 0 Å². The minimum Gasteiger partial charge on any atom is -0.264 e. The first-order valence-electron chi connectivity index (χ1n) is 20.0. The molecular formula is C56H30N2. The molecule has 0 aliphatic heterocycles. The van der Waals surface area contributed by atoms with Crippen molar-refractivity contribution in [2.45, 2.75) is 0 Å². The third-order valence-corrected chi connectivity index (χ3v) is 13.2. The van der Waals surface area contributed by atoms with Gasteiger partial charge in [-0.25, -0.2) is 0 Å². The summed E-state index contributed by atoms with van der Waals surface area (Å²) in [6, 6.07) is 59.7. The Hall–Kier alpha value is -7.68. The van der Waals surface area contributed by atoms with Crippen LogP contribution < -0.4 is 0 Å². The molecule has 0 fully saturated rings. The summed E-state index contributed by atoms with van der Waals surface area (Å²) in [5.41, 5.74) is 15.4. The molecule has 2 aliphatic carbocycles. The highest BCUT2D eigenvalue weighted by Crippen LogP contribution is 2.56. The molecule has 0 N–H and O–H groups in total. The van der Waals surface area contributed by atoms with Crippen molar-refractivity contribution in [3.05, 3.63) is 183 Å². The van der Waals surface area contributed by atoms with Gasteiger partial charge in [-0.3, -0.25) is 9.97 Å². The Kier molecular flexibility index (Phi) is 5.79. The topological polar surface area (TPSA) is 25.8 Å². The first-order chi connectivity index (χ1) is 28.7. The van der Waals surface area contributed by atoms with E-state index >= 15 is 0 Å². The van der Waals surface area contributed by atoms with Gasteiger partial charge in [-0.05, 0) is 180 Å². The first-order valence-corrected chi connectivity index (χ1v) is 20.0. The summed E-state index contributed by atoms with van der Waals surface area (Å²) in [5.74, 6) is 0. The fourth-order valence-electron chi connectivity index (χ4n) is 10.7. The SMILES string of the molecule is c1cc2c3c(cccc3c1)-c1cc3c(cc1-2)c(-c1ccc2ccncc2c1)cc1c2cc4c(c(-c5ccc6ccncc6c5)c2ccc31)-c1cccc2cccc-4c12. The van der Waals surface area contributed by atoms with Crippen LogP contribution in [0.1, 0.15) is 0 Å².